The lowest BCUT2D eigenvalue weighted by atomic mass is 10.0. The van der Waals surface area contributed by atoms with Gasteiger partial charge in [0.2, 0.25) is 0 Å². The molecule has 0 aliphatic carbocycles. The summed E-state index contributed by atoms with van der Waals surface area (Å²) in [4.78, 5) is 14.4. The molecule has 1 amide bonds. The highest BCUT2D eigenvalue weighted by atomic mass is 32.1. The zero-order valence-electron chi connectivity index (χ0n) is 11.9. The molecule has 3 heterocycles. The standard InChI is InChI=1S/C15H15N3O3S/c19-15(11-9-22-17-16-11)18-5-1-2-12(18)10-3-4-13-14(8-10)21-7-6-20-13/h3-4,8-9,12H,1-2,5-7H2. The monoisotopic (exact) mass is 317 g/mol. The molecule has 22 heavy (non-hydrogen) atoms. The molecular weight excluding hydrogens is 302 g/mol. The predicted octanol–water partition coefficient (Wildman–Crippen LogP) is 2.29. The minimum atomic E-state index is -0.0499. The van der Waals surface area contributed by atoms with Gasteiger partial charge in [0.1, 0.15) is 13.2 Å². The Morgan fingerprint density at radius 1 is 1.27 bits per heavy atom. The van der Waals surface area contributed by atoms with Gasteiger partial charge < -0.3 is 14.4 Å². The van der Waals surface area contributed by atoms with Crippen molar-refractivity contribution in [1.82, 2.24) is 14.5 Å². The largest absolute Gasteiger partial charge is 0.486 e. The molecule has 2 aliphatic heterocycles. The van der Waals surface area contributed by atoms with Crippen LogP contribution in [0.5, 0.6) is 11.5 Å². The van der Waals surface area contributed by atoms with Gasteiger partial charge in [-0.15, -0.1) is 5.10 Å². The van der Waals surface area contributed by atoms with Gasteiger partial charge in [0.25, 0.3) is 5.91 Å². The van der Waals surface area contributed by atoms with Crippen LogP contribution >= 0.6 is 11.5 Å². The summed E-state index contributed by atoms with van der Waals surface area (Å²) < 4.78 is 15.0. The SMILES string of the molecule is O=C(c1csnn1)N1CCCC1c1ccc2c(c1)OCCO2. The van der Waals surface area contributed by atoms with E-state index < -0.39 is 0 Å². The number of nitrogens with zero attached hydrogens (tertiary/aromatic N) is 3. The predicted molar refractivity (Wildman–Crippen MR) is 80.4 cm³/mol. The number of rotatable bonds is 2. The molecule has 114 valence electrons. The Bertz CT molecular complexity index is 689. The van der Waals surface area contributed by atoms with E-state index in [1.165, 1.54) is 11.5 Å². The second-order valence-corrected chi connectivity index (χ2v) is 5.96. The van der Waals surface area contributed by atoms with Crippen LogP contribution in [0, 0.1) is 0 Å². The highest BCUT2D eigenvalue weighted by Gasteiger charge is 2.32. The van der Waals surface area contributed by atoms with E-state index in [1.807, 2.05) is 23.1 Å². The van der Waals surface area contributed by atoms with E-state index in [4.69, 9.17) is 9.47 Å². The smallest absolute Gasteiger partial charge is 0.275 e. The summed E-state index contributed by atoms with van der Waals surface area (Å²) >= 11 is 1.20. The Labute approximate surface area is 131 Å². The fourth-order valence-electron chi connectivity index (χ4n) is 3.03. The molecule has 2 aliphatic rings. The first-order valence-electron chi connectivity index (χ1n) is 7.30. The Morgan fingerprint density at radius 2 is 2.14 bits per heavy atom. The van der Waals surface area contributed by atoms with Crippen LogP contribution in [0.1, 0.15) is 34.9 Å². The van der Waals surface area contributed by atoms with Crippen molar-refractivity contribution in [2.24, 2.45) is 0 Å². The minimum absolute atomic E-state index is 0.0499. The van der Waals surface area contributed by atoms with Crippen molar-refractivity contribution in [2.45, 2.75) is 18.9 Å². The summed E-state index contributed by atoms with van der Waals surface area (Å²) in [5, 5.41) is 5.59. The molecular formula is C15H15N3O3S. The summed E-state index contributed by atoms with van der Waals surface area (Å²) in [5.74, 6) is 1.49. The first-order valence-corrected chi connectivity index (χ1v) is 8.14. The van der Waals surface area contributed by atoms with Gasteiger partial charge in [-0.05, 0) is 42.1 Å². The number of likely N-dealkylation sites (tertiary alicyclic amines) is 1. The van der Waals surface area contributed by atoms with Crippen LogP contribution in [0.15, 0.2) is 23.6 Å². The second-order valence-electron chi connectivity index (χ2n) is 5.35. The van der Waals surface area contributed by atoms with Crippen molar-refractivity contribution >= 4 is 17.4 Å². The van der Waals surface area contributed by atoms with Gasteiger partial charge in [0.05, 0.1) is 6.04 Å². The molecule has 1 aromatic heterocycles. The van der Waals surface area contributed by atoms with Crippen LogP contribution in [0.3, 0.4) is 0 Å². The molecule has 0 radical (unpaired) electrons. The number of hydrogen-bond acceptors (Lipinski definition) is 6. The van der Waals surface area contributed by atoms with Crippen molar-refractivity contribution < 1.29 is 14.3 Å². The molecule has 0 saturated carbocycles. The van der Waals surface area contributed by atoms with Crippen LogP contribution in [0.25, 0.3) is 0 Å². The van der Waals surface area contributed by atoms with Crippen LogP contribution in [-0.4, -0.2) is 40.2 Å². The average molecular weight is 317 g/mol. The first-order chi connectivity index (χ1) is 10.8. The van der Waals surface area contributed by atoms with E-state index in [2.05, 4.69) is 9.59 Å². The molecule has 1 saturated heterocycles. The third-order valence-electron chi connectivity index (χ3n) is 4.04. The highest BCUT2D eigenvalue weighted by molar-refractivity contribution is 7.03. The Hall–Kier alpha value is -2.15. The lowest BCUT2D eigenvalue weighted by Gasteiger charge is -2.26. The summed E-state index contributed by atoms with van der Waals surface area (Å²) in [6.45, 7) is 1.89. The first kappa shape index (κ1) is 13.5. The highest BCUT2D eigenvalue weighted by Crippen LogP contribution is 2.38. The van der Waals surface area contributed by atoms with Crippen LogP contribution in [0.4, 0.5) is 0 Å². The number of ether oxygens (including phenoxy) is 2. The van der Waals surface area contributed by atoms with E-state index in [9.17, 15) is 4.79 Å². The fraction of sp³-hybridized carbons (Fsp3) is 0.400. The minimum Gasteiger partial charge on any atom is -0.486 e. The van der Waals surface area contributed by atoms with Crippen molar-refractivity contribution in [3.8, 4) is 11.5 Å². The van der Waals surface area contributed by atoms with Gasteiger partial charge in [-0.1, -0.05) is 10.6 Å². The maximum atomic E-state index is 12.6. The molecule has 1 unspecified atom stereocenters. The zero-order valence-corrected chi connectivity index (χ0v) is 12.7. The summed E-state index contributed by atoms with van der Waals surface area (Å²) in [6, 6.07) is 5.99. The Kier molecular flexibility index (Phi) is 3.42. The van der Waals surface area contributed by atoms with Gasteiger partial charge in [0.15, 0.2) is 17.2 Å². The summed E-state index contributed by atoms with van der Waals surface area (Å²) in [6.07, 6.45) is 1.94. The van der Waals surface area contributed by atoms with Crippen LogP contribution < -0.4 is 9.47 Å². The Morgan fingerprint density at radius 3 is 2.95 bits per heavy atom. The molecule has 1 atom stereocenters. The number of benzene rings is 1. The van der Waals surface area contributed by atoms with E-state index in [-0.39, 0.29) is 11.9 Å². The summed E-state index contributed by atoms with van der Waals surface area (Å²) in [5.41, 5.74) is 1.51. The number of carbonyl (C=O) groups is 1. The molecule has 4 rings (SSSR count). The number of aromatic nitrogens is 2. The van der Waals surface area contributed by atoms with Gasteiger partial charge >= 0.3 is 0 Å². The van der Waals surface area contributed by atoms with E-state index in [1.54, 1.807) is 5.38 Å². The normalized spacial score (nSPS) is 20.2. The van der Waals surface area contributed by atoms with Crippen molar-refractivity contribution in [1.29, 1.82) is 0 Å². The lowest BCUT2D eigenvalue weighted by Crippen LogP contribution is -2.31. The van der Waals surface area contributed by atoms with Crippen molar-refractivity contribution in [3.63, 3.8) is 0 Å². The number of carbonyl (C=O) groups excluding carboxylic acids is 1. The molecule has 0 spiro atoms. The van der Waals surface area contributed by atoms with Crippen LogP contribution in [0.2, 0.25) is 0 Å². The molecule has 2 aromatic rings. The third-order valence-corrected chi connectivity index (χ3v) is 4.55. The van der Waals surface area contributed by atoms with Gasteiger partial charge in [-0.3, -0.25) is 4.79 Å². The van der Waals surface area contributed by atoms with E-state index >= 15 is 0 Å². The fourth-order valence-corrected chi connectivity index (χ4v) is 3.46. The molecule has 0 bridgehead atoms. The maximum Gasteiger partial charge on any atom is 0.275 e. The number of hydrogen-bond donors (Lipinski definition) is 0. The lowest BCUT2D eigenvalue weighted by molar-refractivity contribution is 0.0729. The zero-order chi connectivity index (χ0) is 14.9. The quantitative estimate of drug-likeness (QED) is 0.850. The molecule has 1 fully saturated rings. The van der Waals surface area contributed by atoms with Gasteiger partial charge in [-0.2, -0.15) is 0 Å². The maximum absolute atomic E-state index is 12.6. The summed E-state index contributed by atoms with van der Waals surface area (Å²) in [7, 11) is 0. The second kappa shape index (κ2) is 5.57. The van der Waals surface area contributed by atoms with Crippen molar-refractivity contribution in [2.75, 3.05) is 19.8 Å². The number of amides is 1. The topological polar surface area (TPSA) is 64.6 Å². The van der Waals surface area contributed by atoms with Gasteiger partial charge in [0, 0.05) is 11.9 Å². The molecule has 1 aromatic carbocycles. The molecule has 7 heteroatoms. The van der Waals surface area contributed by atoms with Gasteiger partial charge in [-0.25, -0.2) is 0 Å². The number of fused-ring (bicyclic) bond motifs is 1. The van der Waals surface area contributed by atoms with E-state index in [0.717, 1.165) is 36.4 Å². The molecule has 6 nitrogen and oxygen atoms in total. The van der Waals surface area contributed by atoms with Crippen LogP contribution in [-0.2, 0) is 0 Å². The van der Waals surface area contributed by atoms with E-state index in [0.29, 0.717) is 18.9 Å². The Balaban J connectivity index is 1.62. The molecule has 0 N–H and O–H groups in total. The third kappa shape index (κ3) is 2.31. The van der Waals surface area contributed by atoms with Crippen molar-refractivity contribution in [3.05, 3.63) is 34.8 Å². The average Bonchev–Trinajstić information content (AvgIpc) is 3.25.